The highest BCUT2D eigenvalue weighted by atomic mass is 35.5. The zero-order chi connectivity index (χ0) is 5.98. The van der Waals surface area contributed by atoms with Gasteiger partial charge in [-0.1, -0.05) is 0 Å². The van der Waals surface area contributed by atoms with Crippen LogP contribution in [0.2, 0.25) is 0 Å². The Morgan fingerprint density at radius 2 is 2.50 bits per heavy atom. The largest absolute Gasteiger partial charge is 0.276 e. The molecule has 0 heterocycles. The smallest absolute Gasteiger partial charge is 0.253 e. The molecule has 0 spiro atoms. The van der Waals surface area contributed by atoms with Gasteiger partial charge in [-0.25, -0.2) is 0 Å². The van der Waals surface area contributed by atoms with Crippen LogP contribution < -0.4 is 0 Å². The summed E-state index contributed by atoms with van der Waals surface area (Å²) in [5, 5.41) is -0.425. The average molecular weight is 127 g/mol. The van der Waals surface area contributed by atoms with E-state index in [1.54, 1.807) is 18.2 Å². The summed E-state index contributed by atoms with van der Waals surface area (Å²) in [6.07, 6.45) is 4.82. The second kappa shape index (κ2) is 1.99. The molecule has 0 aromatic rings. The van der Waals surface area contributed by atoms with Gasteiger partial charge in [-0.15, -0.1) is 5.73 Å². The minimum Gasteiger partial charge on any atom is -0.276 e. The molecule has 0 aliphatic heterocycles. The maximum absolute atomic E-state index is 10.3. The van der Waals surface area contributed by atoms with Crippen LogP contribution in [0.15, 0.2) is 29.5 Å². The predicted octanol–water partition coefficient (Wildman–Crippen LogP) is 1.40. The molecular formula is C6H3ClO. The fourth-order valence-corrected chi connectivity index (χ4v) is 0.564. The lowest BCUT2D eigenvalue weighted by Gasteiger charge is -1.81. The van der Waals surface area contributed by atoms with Crippen LogP contribution in [-0.4, -0.2) is 5.24 Å². The number of rotatable bonds is 1. The average Bonchev–Trinajstić information content (AvgIpc) is 2.12. The molecule has 0 bridgehead atoms. The summed E-state index contributed by atoms with van der Waals surface area (Å²) in [5.74, 6) is 0. The molecule has 0 N–H and O–H groups in total. The van der Waals surface area contributed by atoms with Gasteiger partial charge in [-0.3, -0.25) is 4.79 Å². The van der Waals surface area contributed by atoms with Crippen molar-refractivity contribution in [3.8, 4) is 0 Å². The molecule has 1 aliphatic carbocycles. The number of halogens is 1. The molecule has 0 saturated heterocycles. The van der Waals surface area contributed by atoms with Gasteiger partial charge in [0.15, 0.2) is 0 Å². The number of carbonyl (C=O) groups is 1. The monoisotopic (exact) mass is 126 g/mol. The van der Waals surface area contributed by atoms with Crippen LogP contribution in [0.4, 0.5) is 0 Å². The van der Waals surface area contributed by atoms with Gasteiger partial charge in [0.25, 0.3) is 5.24 Å². The maximum atomic E-state index is 10.3. The van der Waals surface area contributed by atoms with Crippen LogP contribution in [0.1, 0.15) is 0 Å². The van der Waals surface area contributed by atoms with Crippen molar-refractivity contribution in [3.63, 3.8) is 0 Å². The molecule has 2 heteroatoms. The van der Waals surface area contributed by atoms with Gasteiger partial charge in [0.1, 0.15) is 0 Å². The summed E-state index contributed by atoms with van der Waals surface area (Å²) >= 11 is 5.09. The first-order valence-electron chi connectivity index (χ1n) is 2.13. The summed E-state index contributed by atoms with van der Waals surface area (Å²) in [6.45, 7) is 0. The zero-order valence-electron chi connectivity index (χ0n) is 4.02. The van der Waals surface area contributed by atoms with E-state index in [-0.39, 0.29) is 0 Å². The van der Waals surface area contributed by atoms with Crippen molar-refractivity contribution in [3.05, 3.63) is 29.5 Å². The molecule has 40 valence electrons. The molecule has 8 heavy (non-hydrogen) atoms. The highest BCUT2D eigenvalue weighted by Crippen LogP contribution is 2.05. The van der Waals surface area contributed by atoms with E-state index in [1.807, 2.05) is 0 Å². The molecule has 0 saturated carbocycles. The second-order valence-electron chi connectivity index (χ2n) is 1.37. The third-order valence-corrected chi connectivity index (χ3v) is 1.04. The lowest BCUT2D eigenvalue weighted by atomic mass is 10.3. The Labute approximate surface area is 52.0 Å². The molecule has 0 fully saturated rings. The number of hydrogen-bond acceptors (Lipinski definition) is 1. The Bertz CT molecular complexity index is 207. The van der Waals surface area contributed by atoms with Gasteiger partial charge in [-0.2, -0.15) is 0 Å². The van der Waals surface area contributed by atoms with E-state index in [0.717, 1.165) is 0 Å². The molecular weight excluding hydrogens is 124 g/mol. The predicted molar refractivity (Wildman–Crippen MR) is 31.6 cm³/mol. The van der Waals surface area contributed by atoms with Crippen molar-refractivity contribution >= 4 is 16.8 Å². The first kappa shape index (κ1) is 5.36. The molecule has 0 aromatic heterocycles. The first-order chi connectivity index (χ1) is 3.80. The summed E-state index contributed by atoms with van der Waals surface area (Å²) in [6, 6.07) is 0. The Balaban J connectivity index is 2.80. The quantitative estimate of drug-likeness (QED) is 0.384. The number of allylic oxidation sites excluding steroid dienone is 3. The standard InChI is InChI=1S/C6H3ClO/c7-6(8)5-3-1-2-4-5/h1,3-4H. The minimum atomic E-state index is -0.425. The molecule has 0 atom stereocenters. The lowest BCUT2D eigenvalue weighted by molar-refractivity contribution is -0.108. The van der Waals surface area contributed by atoms with Crippen molar-refractivity contribution < 1.29 is 4.79 Å². The van der Waals surface area contributed by atoms with Gasteiger partial charge >= 0.3 is 0 Å². The highest BCUT2D eigenvalue weighted by Gasteiger charge is 2.00. The SMILES string of the molecule is O=C(Cl)C1=CC=C=C1. The van der Waals surface area contributed by atoms with Crippen molar-refractivity contribution in [2.45, 2.75) is 0 Å². The molecule has 1 nitrogen and oxygen atoms in total. The Kier molecular flexibility index (Phi) is 1.34. The van der Waals surface area contributed by atoms with Crippen LogP contribution in [0.3, 0.4) is 0 Å². The van der Waals surface area contributed by atoms with E-state index < -0.39 is 5.24 Å². The highest BCUT2D eigenvalue weighted by molar-refractivity contribution is 6.68. The fraction of sp³-hybridized carbons (Fsp3) is 0. The number of carbonyl (C=O) groups excluding carboxylic acids is 1. The maximum Gasteiger partial charge on any atom is 0.253 e. The molecule has 0 aromatic carbocycles. The summed E-state index contributed by atoms with van der Waals surface area (Å²) in [7, 11) is 0. The first-order valence-corrected chi connectivity index (χ1v) is 2.51. The Morgan fingerprint density at radius 1 is 1.75 bits per heavy atom. The van der Waals surface area contributed by atoms with Crippen molar-refractivity contribution in [1.29, 1.82) is 0 Å². The van der Waals surface area contributed by atoms with E-state index in [1.165, 1.54) is 0 Å². The van der Waals surface area contributed by atoms with Gasteiger partial charge < -0.3 is 0 Å². The Hall–Kier alpha value is -0.780. The molecule has 1 rings (SSSR count). The van der Waals surface area contributed by atoms with Gasteiger partial charge in [0, 0.05) is 5.57 Å². The van der Waals surface area contributed by atoms with Crippen LogP contribution in [0, 0.1) is 0 Å². The molecule has 0 unspecified atom stereocenters. The van der Waals surface area contributed by atoms with E-state index in [4.69, 9.17) is 11.6 Å². The summed E-state index contributed by atoms with van der Waals surface area (Å²) in [5.41, 5.74) is 3.21. The van der Waals surface area contributed by atoms with Crippen molar-refractivity contribution in [1.82, 2.24) is 0 Å². The van der Waals surface area contributed by atoms with E-state index in [9.17, 15) is 4.79 Å². The van der Waals surface area contributed by atoms with Crippen LogP contribution in [-0.2, 0) is 4.79 Å². The molecule has 0 amide bonds. The van der Waals surface area contributed by atoms with E-state index in [0.29, 0.717) is 5.57 Å². The third kappa shape index (κ3) is 0.890. The van der Waals surface area contributed by atoms with Crippen LogP contribution in [0.5, 0.6) is 0 Å². The summed E-state index contributed by atoms with van der Waals surface area (Å²) in [4.78, 5) is 10.3. The fourth-order valence-electron chi connectivity index (χ4n) is 0.446. The van der Waals surface area contributed by atoms with Crippen LogP contribution >= 0.6 is 11.6 Å². The minimum absolute atomic E-state index is 0.425. The zero-order valence-corrected chi connectivity index (χ0v) is 4.77. The lowest BCUT2D eigenvalue weighted by Crippen LogP contribution is -1.84. The topological polar surface area (TPSA) is 17.1 Å². The Morgan fingerprint density at radius 3 is 2.75 bits per heavy atom. The normalized spacial score (nSPS) is 14.4. The van der Waals surface area contributed by atoms with Crippen molar-refractivity contribution in [2.24, 2.45) is 0 Å². The molecule has 1 aliphatic rings. The third-order valence-electron chi connectivity index (χ3n) is 0.825. The van der Waals surface area contributed by atoms with Gasteiger partial charge in [-0.05, 0) is 29.8 Å². The number of hydrogen-bond donors (Lipinski definition) is 0. The van der Waals surface area contributed by atoms with Crippen LogP contribution in [0.25, 0.3) is 0 Å². The van der Waals surface area contributed by atoms with Crippen molar-refractivity contribution in [2.75, 3.05) is 0 Å². The summed E-state index contributed by atoms with van der Waals surface area (Å²) < 4.78 is 0. The molecule has 0 radical (unpaired) electrons. The van der Waals surface area contributed by atoms with Gasteiger partial charge in [0.05, 0.1) is 0 Å². The van der Waals surface area contributed by atoms with E-state index in [2.05, 4.69) is 5.73 Å². The van der Waals surface area contributed by atoms with E-state index >= 15 is 0 Å². The van der Waals surface area contributed by atoms with Gasteiger partial charge in [0.2, 0.25) is 0 Å². The second-order valence-corrected chi connectivity index (χ2v) is 1.72.